The van der Waals surface area contributed by atoms with E-state index in [1.165, 1.54) is 43.8 Å². The molecule has 0 radical (unpaired) electrons. The van der Waals surface area contributed by atoms with Crippen LogP contribution in [-0.4, -0.2) is 9.97 Å². The van der Waals surface area contributed by atoms with E-state index in [0.717, 1.165) is 22.2 Å². The molecule has 0 bridgehead atoms. The quantitative estimate of drug-likeness (QED) is 0.247. The van der Waals surface area contributed by atoms with Crippen LogP contribution in [0.15, 0.2) is 134 Å². The molecule has 0 unspecified atom stereocenters. The van der Waals surface area contributed by atoms with E-state index >= 15 is 0 Å². The van der Waals surface area contributed by atoms with Crippen molar-refractivity contribution < 1.29 is 0 Å². The minimum absolute atomic E-state index is 0.985. The maximum absolute atomic E-state index is 5.08. The Morgan fingerprint density at radius 2 is 1.22 bits per heavy atom. The second kappa shape index (κ2) is 8.44. The Morgan fingerprint density at radius 3 is 2.08 bits per heavy atom. The maximum Gasteiger partial charge on any atom is 0.0722 e. The van der Waals surface area contributed by atoms with Gasteiger partial charge in [-0.25, -0.2) is 4.98 Å². The number of benzene rings is 5. The second-order valence-electron chi connectivity index (χ2n) is 9.08. The summed E-state index contributed by atoms with van der Waals surface area (Å²) in [5, 5.41) is 6.01. The summed E-state index contributed by atoms with van der Waals surface area (Å²) in [4.78, 5) is 9.36. The predicted molar refractivity (Wildman–Crippen MR) is 151 cm³/mol. The van der Waals surface area contributed by atoms with Crippen molar-refractivity contribution in [1.29, 1.82) is 0 Å². The molecule has 0 amide bonds. The Labute approximate surface area is 209 Å². The summed E-state index contributed by atoms with van der Waals surface area (Å²) in [5.74, 6) is 0. The first-order chi connectivity index (χ1) is 17.8. The lowest BCUT2D eigenvalue weighted by molar-refractivity contribution is 1.36. The van der Waals surface area contributed by atoms with E-state index in [9.17, 15) is 0 Å². The van der Waals surface area contributed by atoms with Crippen LogP contribution in [0.4, 0.5) is 0 Å². The van der Waals surface area contributed by atoms with Crippen LogP contribution in [0.1, 0.15) is 0 Å². The molecule has 0 aliphatic heterocycles. The summed E-state index contributed by atoms with van der Waals surface area (Å²) in [7, 11) is 0. The van der Waals surface area contributed by atoms with Crippen LogP contribution in [0, 0.1) is 0 Å². The average Bonchev–Trinajstić information content (AvgIpc) is 2.97. The summed E-state index contributed by atoms with van der Waals surface area (Å²) in [6.07, 6.45) is 3.78. The third-order valence-electron chi connectivity index (χ3n) is 6.96. The van der Waals surface area contributed by atoms with Crippen LogP contribution in [0.2, 0.25) is 0 Å². The smallest absolute Gasteiger partial charge is 0.0722 e. The highest BCUT2D eigenvalue weighted by molar-refractivity contribution is 6.14. The SMILES string of the molecule is c1ccc(-c2cc(-c3ccc(-c4cccc5cnccc45)cc3)c3c(ccc4ccccc43)n2)cc1. The van der Waals surface area contributed by atoms with Gasteiger partial charge >= 0.3 is 0 Å². The van der Waals surface area contributed by atoms with Crippen molar-refractivity contribution >= 4 is 32.4 Å². The summed E-state index contributed by atoms with van der Waals surface area (Å²) in [6.45, 7) is 0. The number of fused-ring (bicyclic) bond motifs is 4. The highest BCUT2D eigenvalue weighted by Gasteiger charge is 2.13. The predicted octanol–water partition coefficient (Wildman–Crippen LogP) is 8.94. The maximum atomic E-state index is 5.08. The largest absolute Gasteiger partial charge is 0.264 e. The van der Waals surface area contributed by atoms with E-state index in [0.29, 0.717) is 0 Å². The minimum atomic E-state index is 0.985. The lowest BCUT2D eigenvalue weighted by Crippen LogP contribution is -1.91. The van der Waals surface area contributed by atoms with Gasteiger partial charge in [-0.05, 0) is 56.6 Å². The van der Waals surface area contributed by atoms with Crippen LogP contribution in [0.25, 0.3) is 66.0 Å². The zero-order chi connectivity index (χ0) is 23.9. The molecule has 0 saturated heterocycles. The van der Waals surface area contributed by atoms with Gasteiger partial charge in [0.1, 0.15) is 0 Å². The molecular weight excluding hydrogens is 436 g/mol. The zero-order valence-corrected chi connectivity index (χ0v) is 19.6. The van der Waals surface area contributed by atoms with Crippen molar-refractivity contribution in [2.24, 2.45) is 0 Å². The van der Waals surface area contributed by atoms with Gasteiger partial charge in [-0.2, -0.15) is 0 Å². The van der Waals surface area contributed by atoms with Gasteiger partial charge in [-0.3, -0.25) is 4.98 Å². The molecule has 0 aliphatic rings. The average molecular weight is 459 g/mol. The van der Waals surface area contributed by atoms with E-state index in [4.69, 9.17) is 4.98 Å². The fraction of sp³-hybridized carbons (Fsp3) is 0. The molecule has 0 N–H and O–H groups in total. The fourth-order valence-corrected chi connectivity index (χ4v) is 5.20. The topological polar surface area (TPSA) is 25.8 Å². The highest BCUT2D eigenvalue weighted by Crippen LogP contribution is 2.37. The van der Waals surface area contributed by atoms with E-state index < -0.39 is 0 Å². The number of nitrogens with zero attached hydrogens (tertiary/aromatic N) is 2. The molecule has 5 aromatic carbocycles. The Hall–Kier alpha value is -4.82. The molecule has 2 nitrogen and oxygen atoms in total. The molecule has 168 valence electrons. The summed E-state index contributed by atoms with van der Waals surface area (Å²) in [6, 6.07) is 42.9. The first-order valence-electron chi connectivity index (χ1n) is 12.2. The Kier molecular flexibility index (Phi) is 4.82. The molecular formula is C34H22N2. The van der Waals surface area contributed by atoms with Gasteiger partial charge in [-0.15, -0.1) is 0 Å². The Morgan fingerprint density at radius 1 is 0.472 bits per heavy atom. The van der Waals surface area contributed by atoms with Gasteiger partial charge in [0.2, 0.25) is 0 Å². The van der Waals surface area contributed by atoms with Gasteiger partial charge in [-0.1, -0.05) is 103 Å². The Balaban J connectivity index is 1.45. The highest BCUT2D eigenvalue weighted by atomic mass is 14.7. The van der Waals surface area contributed by atoms with Crippen molar-refractivity contribution in [1.82, 2.24) is 9.97 Å². The van der Waals surface area contributed by atoms with E-state index in [2.05, 4.69) is 120 Å². The van der Waals surface area contributed by atoms with Crippen LogP contribution in [0.5, 0.6) is 0 Å². The van der Waals surface area contributed by atoms with Gasteiger partial charge in [0.25, 0.3) is 0 Å². The lowest BCUT2D eigenvalue weighted by atomic mass is 9.93. The molecule has 2 aromatic heterocycles. The fourth-order valence-electron chi connectivity index (χ4n) is 5.20. The van der Waals surface area contributed by atoms with Crippen molar-refractivity contribution in [3.8, 4) is 33.5 Å². The van der Waals surface area contributed by atoms with E-state index in [1.54, 1.807) is 0 Å². The third-order valence-corrected chi connectivity index (χ3v) is 6.96. The zero-order valence-electron chi connectivity index (χ0n) is 19.6. The Bertz CT molecular complexity index is 1870. The second-order valence-corrected chi connectivity index (χ2v) is 9.08. The molecule has 2 heteroatoms. The number of aromatic nitrogens is 2. The van der Waals surface area contributed by atoms with Gasteiger partial charge < -0.3 is 0 Å². The minimum Gasteiger partial charge on any atom is -0.264 e. The van der Waals surface area contributed by atoms with E-state index in [-0.39, 0.29) is 0 Å². The van der Waals surface area contributed by atoms with Gasteiger partial charge in [0, 0.05) is 28.7 Å². The molecule has 0 aliphatic carbocycles. The van der Waals surface area contributed by atoms with Crippen LogP contribution in [-0.2, 0) is 0 Å². The number of hydrogen-bond acceptors (Lipinski definition) is 2. The molecule has 0 saturated carbocycles. The first-order valence-corrected chi connectivity index (χ1v) is 12.2. The monoisotopic (exact) mass is 458 g/mol. The van der Waals surface area contributed by atoms with Crippen molar-refractivity contribution in [3.63, 3.8) is 0 Å². The normalized spacial score (nSPS) is 11.3. The van der Waals surface area contributed by atoms with Crippen molar-refractivity contribution in [2.75, 3.05) is 0 Å². The van der Waals surface area contributed by atoms with Crippen LogP contribution in [0.3, 0.4) is 0 Å². The first kappa shape index (κ1) is 20.5. The molecule has 0 atom stereocenters. The summed E-state index contributed by atoms with van der Waals surface area (Å²) < 4.78 is 0. The third kappa shape index (κ3) is 3.43. The van der Waals surface area contributed by atoms with Gasteiger partial charge in [0.05, 0.1) is 11.2 Å². The molecule has 7 rings (SSSR count). The molecule has 0 spiro atoms. The summed E-state index contributed by atoms with van der Waals surface area (Å²) >= 11 is 0. The number of pyridine rings is 2. The van der Waals surface area contributed by atoms with E-state index in [1.807, 2.05) is 18.5 Å². The molecule has 2 heterocycles. The molecule has 0 fully saturated rings. The summed E-state index contributed by atoms with van der Waals surface area (Å²) in [5.41, 5.74) is 7.91. The van der Waals surface area contributed by atoms with Crippen molar-refractivity contribution in [2.45, 2.75) is 0 Å². The lowest BCUT2D eigenvalue weighted by Gasteiger charge is -2.14. The number of rotatable bonds is 3. The number of hydrogen-bond donors (Lipinski definition) is 0. The van der Waals surface area contributed by atoms with Crippen LogP contribution >= 0.6 is 0 Å². The van der Waals surface area contributed by atoms with Gasteiger partial charge in [0.15, 0.2) is 0 Å². The van der Waals surface area contributed by atoms with Crippen LogP contribution < -0.4 is 0 Å². The van der Waals surface area contributed by atoms with Crippen molar-refractivity contribution in [3.05, 3.63) is 134 Å². The molecule has 36 heavy (non-hydrogen) atoms. The molecule has 7 aromatic rings. The standard InChI is InChI=1S/C34H22N2/c1-2-8-26(9-3-1)33-21-31(34-30-11-5-4-7-23(30)17-18-32(34)36-33)25-15-13-24(14-16-25)28-12-6-10-27-22-35-20-19-29(27)28/h1-22H.